The molecular weight excluding hydrogens is 309 g/mol. The van der Waals surface area contributed by atoms with Crippen molar-refractivity contribution in [2.24, 2.45) is 0 Å². The predicted molar refractivity (Wildman–Crippen MR) is 70.5 cm³/mol. The van der Waals surface area contributed by atoms with Gasteiger partial charge in [-0.05, 0) is 31.2 Å². The van der Waals surface area contributed by atoms with Gasteiger partial charge in [0.25, 0.3) is 0 Å². The van der Waals surface area contributed by atoms with E-state index in [9.17, 15) is 21.6 Å². The van der Waals surface area contributed by atoms with E-state index in [1.54, 1.807) is 12.1 Å². The Kier molecular flexibility index (Phi) is 3.81. The molecule has 1 N–H and O–H groups in total. The van der Waals surface area contributed by atoms with Gasteiger partial charge >= 0.3 is 15.6 Å². The van der Waals surface area contributed by atoms with Crippen molar-refractivity contribution in [2.45, 2.75) is 18.2 Å². The Hall–Kier alpha value is -1.87. The van der Waals surface area contributed by atoms with Crippen molar-refractivity contribution in [3.05, 3.63) is 42.1 Å². The second-order valence-corrected chi connectivity index (χ2v) is 5.71. The van der Waals surface area contributed by atoms with Gasteiger partial charge in [0.2, 0.25) is 0 Å². The van der Waals surface area contributed by atoms with Crippen LogP contribution in [0, 0.1) is 0 Å². The van der Waals surface area contributed by atoms with Gasteiger partial charge in [-0.15, -0.1) is 0 Å². The Bertz CT molecular complexity index is 698. The molecule has 2 rings (SSSR count). The maximum Gasteiger partial charge on any atom is 0.523 e. The van der Waals surface area contributed by atoms with Gasteiger partial charge in [0.15, 0.2) is 5.72 Å². The molecule has 0 spiro atoms. The smallest absolute Gasteiger partial charge is 0.334 e. The topological polar surface area (TPSA) is 68.3 Å². The van der Waals surface area contributed by atoms with E-state index < -0.39 is 21.4 Å². The zero-order valence-electron chi connectivity index (χ0n) is 10.8. The van der Waals surface area contributed by atoms with Gasteiger partial charge in [0, 0.05) is 11.8 Å². The van der Waals surface area contributed by atoms with E-state index in [0.717, 1.165) is 6.08 Å². The maximum absolute atomic E-state index is 12.5. The molecule has 0 fully saturated rings. The number of fused-ring (bicyclic) bond motifs is 1. The van der Waals surface area contributed by atoms with Crippen molar-refractivity contribution >= 4 is 22.0 Å². The van der Waals surface area contributed by atoms with Crippen molar-refractivity contribution in [1.82, 2.24) is 4.98 Å². The Morgan fingerprint density at radius 3 is 2.76 bits per heavy atom. The molecule has 0 bridgehead atoms. The zero-order valence-corrected chi connectivity index (χ0v) is 11.6. The molecule has 1 aromatic rings. The predicted octanol–water partition coefficient (Wildman–Crippen LogP) is 2.66. The number of anilines is 1. The summed E-state index contributed by atoms with van der Waals surface area (Å²) < 4.78 is 64.3. The summed E-state index contributed by atoms with van der Waals surface area (Å²) in [6.07, 6.45) is 6.57. The summed E-state index contributed by atoms with van der Waals surface area (Å²) >= 11 is 0. The summed E-state index contributed by atoms with van der Waals surface area (Å²) in [5.74, 6) is 0.218. The lowest BCUT2D eigenvalue weighted by atomic mass is 10.1. The molecule has 1 aliphatic rings. The first-order chi connectivity index (χ1) is 9.69. The van der Waals surface area contributed by atoms with Crippen molar-refractivity contribution in [3.63, 3.8) is 0 Å². The molecule has 9 heteroatoms. The van der Waals surface area contributed by atoms with Crippen molar-refractivity contribution in [2.75, 3.05) is 5.32 Å². The number of halogens is 3. The van der Waals surface area contributed by atoms with Gasteiger partial charge in [-0.1, -0.05) is 12.2 Å². The SMILES string of the molecule is CC=CC1(OS(=O)(=O)C(F)(F)F)C=Cc2cccnc2N1. The second-order valence-electron chi connectivity index (χ2n) is 4.18. The number of alkyl halides is 3. The molecule has 1 aliphatic heterocycles. The monoisotopic (exact) mass is 320 g/mol. The van der Waals surface area contributed by atoms with Crippen LogP contribution in [0.5, 0.6) is 0 Å². The number of allylic oxidation sites excluding steroid dienone is 1. The molecule has 1 atom stereocenters. The summed E-state index contributed by atoms with van der Waals surface area (Å²) in [5, 5.41) is 2.55. The van der Waals surface area contributed by atoms with Crippen molar-refractivity contribution < 1.29 is 25.8 Å². The summed E-state index contributed by atoms with van der Waals surface area (Å²) in [5.41, 5.74) is -6.88. The lowest BCUT2D eigenvalue weighted by Crippen LogP contribution is -2.44. The van der Waals surface area contributed by atoms with Crippen LogP contribution in [-0.4, -0.2) is 24.6 Å². The first-order valence-corrected chi connectivity index (χ1v) is 7.18. The van der Waals surface area contributed by atoms with Crippen molar-refractivity contribution in [3.8, 4) is 0 Å². The third-order valence-corrected chi connectivity index (χ3v) is 3.67. The number of nitrogens with zero attached hydrogens (tertiary/aromatic N) is 1. The molecule has 1 unspecified atom stereocenters. The molecule has 0 amide bonds. The molecule has 0 saturated carbocycles. The Morgan fingerprint density at radius 1 is 1.43 bits per heavy atom. The number of pyridine rings is 1. The van der Waals surface area contributed by atoms with Crippen LogP contribution in [0.4, 0.5) is 19.0 Å². The first kappa shape index (κ1) is 15.5. The quantitative estimate of drug-likeness (QED) is 0.527. The van der Waals surface area contributed by atoms with E-state index in [2.05, 4.69) is 14.5 Å². The average molecular weight is 320 g/mol. The first-order valence-electron chi connectivity index (χ1n) is 5.77. The largest absolute Gasteiger partial charge is 0.523 e. The average Bonchev–Trinajstić information content (AvgIpc) is 2.37. The minimum atomic E-state index is -5.77. The van der Waals surface area contributed by atoms with Gasteiger partial charge in [-0.3, -0.25) is 0 Å². The van der Waals surface area contributed by atoms with Gasteiger partial charge in [-0.25, -0.2) is 9.17 Å². The van der Waals surface area contributed by atoms with Gasteiger partial charge in [-0.2, -0.15) is 21.6 Å². The number of hydrogen-bond donors (Lipinski definition) is 1. The standard InChI is InChI=1S/C12H11F3N2O3S/c1-2-6-11(20-21(18,19)12(13,14)15)7-5-9-4-3-8-16-10(9)17-11/h2-8H,1H3,(H,16,17). The Labute approximate surface area is 119 Å². The molecular formula is C12H11F3N2O3S. The van der Waals surface area contributed by atoms with Crippen LogP contribution >= 0.6 is 0 Å². The zero-order chi connectivity index (χ0) is 15.7. The third kappa shape index (κ3) is 3.08. The van der Waals surface area contributed by atoms with E-state index in [1.807, 2.05) is 0 Å². The van der Waals surface area contributed by atoms with E-state index in [0.29, 0.717) is 5.56 Å². The number of aromatic nitrogens is 1. The van der Waals surface area contributed by atoms with Crippen LogP contribution in [0.25, 0.3) is 6.08 Å². The highest BCUT2D eigenvalue weighted by Crippen LogP contribution is 2.34. The van der Waals surface area contributed by atoms with Crippen LogP contribution in [0.15, 0.2) is 36.6 Å². The lowest BCUT2D eigenvalue weighted by Gasteiger charge is -2.32. The Balaban J connectivity index is 2.42. The van der Waals surface area contributed by atoms with Gasteiger partial charge in [0.05, 0.1) is 0 Å². The number of nitrogens with one attached hydrogen (secondary N) is 1. The van der Waals surface area contributed by atoms with Crippen molar-refractivity contribution in [1.29, 1.82) is 0 Å². The van der Waals surface area contributed by atoms with Crippen LogP contribution in [-0.2, 0) is 14.3 Å². The van der Waals surface area contributed by atoms with Crippen LogP contribution in [0.2, 0.25) is 0 Å². The highest BCUT2D eigenvalue weighted by Gasteiger charge is 2.51. The summed E-state index contributed by atoms with van der Waals surface area (Å²) in [6, 6.07) is 3.31. The molecule has 5 nitrogen and oxygen atoms in total. The van der Waals surface area contributed by atoms with E-state index in [4.69, 9.17) is 0 Å². The second kappa shape index (κ2) is 5.15. The van der Waals surface area contributed by atoms with Crippen LogP contribution < -0.4 is 5.32 Å². The third-order valence-electron chi connectivity index (χ3n) is 2.61. The molecule has 1 aromatic heterocycles. The normalized spacial score (nSPS) is 22.1. The molecule has 21 heavy (non-hydrogen) atoms. The summed E-state index contributed by atoms with van der Waals surface area (Å²) in [7, 11) is -5.77. The molecule has 0 aliphatic carbocycles. The fraction of sp³-hybridized carbons (Fsp3) is 0.250. The summed E-state index contributed by atoms with van der Waals surface area (Å²) in [4.78, 5) is 3.94. The van der Waals surface area contributed by atoms with Gasteiger partial charge < -0.3 is 5.32 Å². The maximum atomic E-state index is 12.5. The lowest BCUT2D eigenvalue weighted by molar-refractivity contribution is -0.0578. The molecule has 0 radical (unpaired) electrons. The molecule has 0 saturated heterocycles. The number of hydrogen-bond acceptors (Lipinski definition) is 5. The van der Waals surface area contributed by atoms with Crippen LogP contribution in [0.3, 0.4) is 0 Å². The summed E-state index contributed by atoms with van der Waals surface area (Å²) in [6.45, 7) is 1.52. The minimum Gasteiger partial charge on any atom is -0.334 e. The van der Waals surface area contributed by atoms with E-state index >= 15 is 0 Å². The van der Waals surface area contributed by atoms with E-state index in [1.165, 1.54) is 31.3 Å². The van der Waals surface area contributed by atoms with Gasteiger partial charge in [0.1, 0.15) is 5.82 Å². The number of rotatable bonds is 3. The van der Waals surface area contributed by atoms with Crippen LogP contribution in [0.1, 0.15) is 12.5 Å². The fourth-order valence-corrected chi connectivity index (χ4v) is 2.36. The highest BCUT2D eigenvalue weighted by molar-refractivity contribution is 7.87. The van der Waals surface area contributed by atoms with E-state index in [-0.39, 0.29) is 5.82 Å². The Morgan fingerprint density at radius 2 is 2.14 bits per heavy atom. The molecule has 0 aromatic carbocycles. The highest BCUT2D eigenvalue weighted by atomic mass is 32.2. The molecule has 114 valence electrons. The molecule has 2 heterocycles. The fourth-order valence-electron chi connectivity index (χ4n) is 1.75. The minimum absolute atomic E-state index is 0.218.